The molecule has 2 rings (SSSR count). The summed E-state index contributed by atoms with van der Waals surface area (Å²) >= 11 is 0. The van der Waals surface area contributed by atoms with Crippen molar-refractivity contribution in [3.8, 4) is 0 Å². The number of aryl methyl sites for hydroxylation is 1. The first-order valence-electron chi connectivity index (χ1n) is 8.08. The molecule has 0 aliphatic carbocycles. The van der Waals surface area contributed by atoms with Gasteiger partial charge in [-0.3, -0.25) is 4.90 Å². The molecule has 1 saturated heterocycles. The maximum Gasteiger partial charge on any atom is 0.0319 e. The summed E-state index contributed by atoms with van der Waals surface area (Å²) in [6.07, 6.45) is 4.16. The second kappa shape index (κ2) is 11.0. The summed E-state index contributed by atoms with van der Waals surface area (Å²) in [7, 11) is 0. The molecule has 1 aliphatic heterocycles. The molecule has 0 radical (unpaired) electrons. The van der Waals surface area contributed by atoms with Gasteiger partial charge in [-0.2, -0.15) is 0 Å². The lowest BCUT2D eigenvalue weighted by atomic mass is 10.0. The Bertz CT molecular complexity index is 313. The van der Waals surface area contributed by atoms with Crippen molar-refractivity contribution in [2.45, 2.75) is 66.8 Å². The summed E-state index contributed by atoms with van der Waals surface area (Å²) < 4.78 is 0. The third kappa shape index (κ3) is 6.24. The van der Waals surface area contributed by atoms with E-state index >= 15 is 0 Å². The van der Waals surface area contributed by atoms with Gasteiger partial charge in [0, 0.05) is 6.04 Å². The Morgan fingerprint density at radius 2 is 1.53 bits per heavy atom. The predicted molar refractivity (Wildman–Crippen MR) is 87.7 cm³/mol. The van der Waals surface area contributed by atoms with Crippen LogP contribution in [0.4, 0.5) is 0 Å². The van der Waals surface area contributed by atoms with Crippen molar-refractivity contribution in [2.24, 2.45) is 0 Å². The van der Waals surface area contributed by atoms with Crippen molar-refractivity contribution in [2.75, 3.05) is 13.1 Å². The van der Waals surface area contributed by atoms with E-state index in [4.69, 9.17) is 0 Å². The minimum absolute atomic E-state index is 0.588. The molecule has 1 heterocycles. The Labute approximate surface area is 121 Å². The van der Waals surface area contributed by atoms with Gasteiger partial charge in [0.1, 0.15) is 0 Å². The maximum absolute atomic E-state index is 2.61. The summed E-state index contributed by atoms with van der Waals surface area (Å²) in [5.74, 6) is 0. The van der Waals surface area contributed by atoms with Crippen LogP contribution in [-0.4, -0.2) is 18.0 Å². The molecular formula is C18H33N. The van der Waals surface area contributed by atoms with Gasteiger partial charge in [0.15, 0.2) is 0 Å². The molecule has 110 valence electrons. The predicted octanol–water partition coefficient (Wildman–Crippen LogP) is 5.59. The quantitative estimate of drug-likeness (QED) is 0.672. The van der Waals surface area contributed by atoms with E-state index in [1.54, 1.807) is 0 Å². The van der Waals surface area contributed by atoms with Crippen LogP contribution < -0.4 is 0 Å². The lowest BCUT2D eigenvalue weighted by Gasteiger charge is -2.32. The standard InChI is InChI=1S/C14H21N.2C2H6/c1-12-7-6-8-14(11-12)13(2)15-9-4-3-5-10-15;2*1-2/h6-8,11,13H,3-5,9-10H2,1-2H3;2*1-2H3. The Hall–Kier alpha value is -0.820. The van der Waals surface area contributed by atoms with Crippen LogP contribution in [0.2, 0.25) is 0 Å². The van der Waals surface area contributed by atoms with Crippen molar-refractivity contribution in [1.29, 1.82) is 0 Å². The fourth-order valence-electron chi connectivity index (χ4n) is 2.45. The van der Waals surface area contributed by atoms with Crippen LogP contribution >= 0.6 is 0 Å². The molecule has 1 atom stereocenters. The first-order valence-corrected chi connectivity index (χ1v) is 8.08. The van der Waals surface area contributed by atoms with Gasteiger partial charge >= 0.3 is 0 Å². The van der Waals surface area contributed by atoms with Gasteiger partial charge < -0.3 is 0 Å². The Morgan fingerprint density at radius 3 is 2.05 bits per heavy atom. The molecular weight excluding hydrogens is 230 g/mol. The lowest BCUT2D eigenvalue weighted by molar-refractivity contribution is 0.175. The summed E-state index contributed by atoms with van der Waals surface area (Å²) in [5.41, 5.74) is 2.84. The van der Waals surface area contributed by atoms with Crippen molar-refractivity contribution < 1.29 is 0 Å². The van der Waals surface area contributed by atoms with Crippen molar-refractivity contribution in [1.82, 2.24) is 4.90 Å². The SMILES string of the molecule is CC.CC.Cc1cccc(C(C)N2CCCCC2)c1. The van der Waals surface area contributed by atoms with Crippen molar-refractivity contribution in [3.63, 3.8) is 0 Å². The minimum Gasteiger partial charge on any atom is -0.297 e. The molecule has 1 fully saturated rings. The van der Waals surface area contributed by atoms with Crippen molar-refractivity contribution in [3.05, 3.63) is 35.4 Å². The normalized spacial score (nSPS) is 16.5. The average molecular weight is 263 g/mol. The second-order valence-corrected chi connectivity index (χ2v) is 4.69. The van der Waals surface area contributed by atoms with E-state index in [9.17, 15) is 0 Å². The van der Waals surface area contributed by atoms with Crippen LogP contribution in [-0.2, 0) is 0 Å². The first kappa shape index (κ1) is 18.2. The van der Waals surface area contributed by atoms with Gasteiger partial charge in [0.05, 0.1) is 0 Å². The first-order chi connectivity index (χ1) is 9.27. The number of benzene rings is 1. The number of piperidine rings is 1. The van der Waals surface area contributed by atoms with Gasteiger partial charge in [0.25, 0.3) is 0 Å². The summed E-state index contributed by atoms with van der Waals surface area (Å²) in [6.45, 7) is 15.1. The van der Waals surface area contributed by atoms with Crippen LogP contribution in [0, 0.1) is 6.92 Å². The number of nitrogens with zero attached hydrogens (tertiary/aromatic N) is 1. The zero-order chi connectivity index (χ0) is 14.7. The summed E-state index contributed by atoms with van der Waals surface area (Å²) in [5, 5.41) is 0. The van der Waals surface area contributed by atoms with Crippen LogP contribution in [0.1, 0.15) is 71.0 Å². The summed E-state index contributed by atoms with van der Waals surface area (Å²) in [6, 6.07) is 9.51. The van der Waals surface area contributed by atoms with Crippen LogP contribution in [0.5, 0.6) is 0 Å². The third-order valence-electron chi connectivity index (χ3n) is 3.46. The number of hydrogen-bond acceptors (Lipinski definition) is 1. The molecule has 1 aromatic rings. The zero-order valence-electron chi connectivity index (χ0n) is 13.9. The minimum atomic E-state index is 0.588. The second-order valence-electron chi connectivity index (χ2n) is 4.69. The molecule has 0 amide bonds. The smallest absolute Gasteiger partial charge is 0.0319 e. The van der Waals surface area contributed by atoms with Crippen LogP contribution in [0.3, 0.4) is 0 Å². The molecule has 19 heavy (non-hydrogen) atoms. The highest BCUT2D eigenvalue weighted by Gasteiger charge is 2.17. The van der Waals surface area contributed by atoms with Crippen LogP contribution in [0.15, 0.2) is 24.3 Å². The van der Waals surface area contributed by atoms with Gasteiger partial charge in [-0.15, -0.1) is 0 Å². The van der Waals surface area contributed by atoms with E-state index in [0.717, 1.165) is 0 Å². The lowest BCUT2D eigenvalue weighted by Crippen LogP contribution is -2.32. The average Bonchev–Trinajstić information content (AvgIpc) is 2.51. The fraction of sp³-hybridized carbons (Fsp3) is 0.667. The highest BCUT2D eigenvalue weighted by molar-refractivity contribution is 5.24. The highest BCUT2D eigenvalue weighted by atomic mass is 15.2. The van der Waals surface area contributed by atoms with Crippen molar-refractivity contribution >= 4 is 0 Å². The molecule has 1 unspecified atom stereocenters. The van der Waals surface area contributed by atoms with E-state index in [1.165, 1.54) is 43.5 Å². The number of likely N-dealkylation sites (tertiary alicyclic amines) is 1. The van der Waals surface area contributed by atoms with Gasteiger partial charge in [-0.25, -0.2) is 0 Å². The largest absolute Gasteiger partial charge is 0.297 e. The van der Waals surface area contributed by atoms with Gasteiger partial charge in [-0.05, 0) is 45.3 Å². The molecule has 0 bridgehead atoms. The molecule has 0 spiro atoms. The highest BCUT2D eigenvalue weighted by Crippen LogP contribution is 2.24. The van der Waals surface area contributed by atoms with Crippen LogP contribution in [0.25, 0.3) is 0 Å². The molecule has 0 aromatic heterocycles. The third-order valence-corrected chi connectivity index (χ3v) is 3.46. The fourth-order valence-corrected chi connectivity index (χ4v) is 2.45. The van der Waals surface area contributed by atoms with E-state index in [1.807, 2.05) is 27.7 Å². The molecule has 1 heteroatoms. The number of hydrogen-bond donors (Lipinski definition) is 0. The maximum atomic E-state index is 2.61. The Kier molecular flexibility index (Phi) is 10.6. The monoisotopic (exact) mass is 263 g/mol. The van der Waals surface area contributed by atoms with Gasteiger partial charge in [-0.1, -0.05) is 63.9 Å². The topological polar surface area (TPSA) is 3.24 Å². The molecule has 0 saturated carbocycles. The Morgan fingerprint density at radius 1 is 0.947 bits per heavy atom. The van der Waals surface area contributed by atoms with Gasteiger partial charge in [0.2, 0.25) is 0 Å². The van der Waals surface area contributed by atoms with E-state index in [-0.39, 0.29) is 0 Å². The van der Waals surface area contributed by atoms with E-state index in [0.29, 0.717) is 6.04 Å². The molecule has 1 aromatic carbocycles. The molecule has 0 N–H and O–H groups in total. The molecule has 1 nitrogen and oxygen atoms in total. The Balaban J connectivity index is 0.000000741. The zero-order valence-corrected chi connectivity index (χ0v) is 13.9. The van der Waals surface area contributed by atoms with E-state index < -0.39 is 0 Å². The van der Waals surface area contributed by atoms with E-state index in [2.05, 4.69) is 43.0 Å². The molecule has 1 aliphatic rings. The summed E-state index contributed by atoms with van der Waals surface area (Å²) in [4.78, 5) is 2.61. The number of rotatable bonds is 2.